The highest BCUT2D eigenvalue weighted by Gasteiger charge is 2.28. The second-order valence-electron chi connectivity index (χ2n) is 9.20. The van der Waals surface area contributed by atoms with E-state index in [0.717, 1.165) is 17.1 Å². The first-order valence-corrected chi connectivity index (χ1v) is 10.9. The van der Waals surface area contributed by atoms with Gasteiger partial charge in [-0.3, -0.25) is 9.79 Å². The minimum absolute atomic E-state index is 0.00164. The van der Waals surface area contributed by atoms with Crippen LogP contribution < -0.4 is 10.6 Å². The summed E-state index contributed by atoms with van der Waals surface area (Å²) in [5.74, 6) is 0.412. The molecule has 0 aliphatic carbocycles. The van der Waals surface area contributed by atoms with Gasteiger partial charge in [0.15, 0.2) is 5.96 Å². The van der Waals surface area contributed by atoms with Crippen molar-refractivity contribution < 1.29 is 13.9 Å². The Morgan fingerprint density at radius 1 is 1.19 bits per heavy atom. The van der Waals surface area contributed by atoms with Crippen LogP contribution in [0, 0.1) is 5.82 Å². The summed E-state index contributed by atoms with van der Waals surface area (Å²) in [5, 5.41) is 6.39. The van der Waals surface area contributed by atoms with Gasteiger partial charge in [0.25, 0.3) is 5.91 Å². The zero-order valence-electron chi connectivity index (χ0n) is 19.5. The van der Waals surface area contributed by atoms with E-state index in [-0.39, 0.29) is 29.5 Å². The summed E-state index contributed by atoms with van der Waals surface area (Å²) in [6, 6.07) is 14.0. The number of hydrogen-bond acceptors (Lipinski definition) is 3. The van der Waals surface area contributed by atoms with Gasteiger partial charge in [0.05, 0.1) is 12.6 Å². The van der Waals surface area contributed by atoms with Crippen LogP contribution in [0.25, 0.3) is 0 Å². The van der Waals surface area contributed by atoms with E-state index in [2.05, 4.69) is 20.5 Å². The number of guanidine groups is 1. The second kappa shape index (κ2) is 10.1. The van der Waals surface area contributed by atoms with Crippen molar-refractivity contribution in [2.45, 2.75) is 52.0 Å². The molecule has 1 amide bonds. The van der Waals surface area contributed by atoms with Crippen LogP contribution in [0.2, 0.25) is 0 Å². The molecule has 1 aliphatic heterocycles. The highest BCUT2D eigenvalue weighted by Crippen LogP contribution is 2.25. The molecule has 1 aliphatic rings. The van der Waals surface area contributed by atoms with Crippen molar-refractivity contribution in [3.63, 3.8) is 0 Å². The number of carbonyl (C=O) groups is 1. The first-order valence-electron chi connectivity index (χ1n) is 10.9. The van der Waals surface area contributed by atoms with Crippen LogP contribution in [-0.4, -0.2) is 48.5 Å². The number of nitrogens with zero attached hydrogens (tertiary/aromatic N) is 2. The molecule has 2 aromatic rings. The Morgan fingerprint density at radius 2 is 1.91 bits per heavy atom. The van der Waals surface area contributed by atoms with Crippen molar-refractivity contribution in [2.24, 2.45) is 4.99 Å². The fourth-order valence-electron chi connectivity index (χ4n) is 3.73. The number of rotatable bonds is 4. The molecule has 6 nitrogen and oxygen atoms in total. The monoisotopic (exact) mass is 440 g/mol. The Hall–Kier alpha value is -2.93. The van der Waals surface area contributed by atoms with E-state index in [1.165, 1.54) is 12.1 Å². The highest BCUT2D eigenvalue weighted by atomic mass is 19.1. The molecule has 0 spiro atoms. The number of amides is 1. The standard InChI is InChI=1S/C25H33FN4O2/c1-17-15-30(16-22(32-17)19-9-11-21(26)12-10-19)24(27-5)28-14-18-7-6-8-20(13-18)23(31)29-25(2,3)4/h6-13,17,22H,14-16H2,1-5H3,(H,27,28)(H,29,31). The highest BCUT2D eigenvalue weighted by molar-refractivity contribution is 5.94. The van der Waals surface area contributed by atoms with E-state index in [1.54, 1.807) is 19.2 Å². The molecule has 2 N–H and O–H groups in total. The lowest BCUT2D eigenvalue weighted by atomic mass is 10.1. The molecular formula is C25H33FN4O2. The summed E-state index contributed by atoms with van der Waals surface area (Å²) in [4.78, 5) is 19.1. The van der Waals surface area contributed by atoms with Gasteiger partial charge in [0, 0.05) is 31.2 Å². The van der Waals surface area contributed by atoms with E-state index in [0.29, 0.717) is 25.2 Å². The van der Waals surface area contributed by atoms with Gasteiger partial charge in [-0.1, -0.05) is 24.3 Å². The summed E-state index contributed by atoms with van der Waals surface area (Å²) < 4.78 is 19.4. The Labute approximate surface area is 189 Å². The van der Waals surface area contributed by atoms with Crippen LogP contribution in [0.5, 0.6) is 0 Å². The normalized spacial score (nSPS) is 19.6. The van der Waals surface area contributed by atoms with E-state index >= 15 is 0 Å². The van der Waals surface area contributed by atoms with Crippen molar-refractivity contribution in [1.29, 1.82) is 0 Å². The van der Waals surface area contributed by atoms with E-state index < -0.39 is 0 Å². The van der Waals surface area contributed by atoms with Crippen LogP contribution in [-0.2, 0) is 11.3 Å². The van der Waals surface area contributed by atoms with Crippen molar-refractivity contribution >= 4 is 11.9 Å². The minimum Gasteiger partial charge on any atom is -0.367 e. The second-order valence-corrected chi connectivity index (χ2v) is 9.20. The lowest BCUT2D eigenvalue weighted by Gasteiger charge is -2.38. The Bertz CT molecular complexity index is 953. The molecule has 1 heterocycles. The molecule has 1 fully saturated rings. The van der Waals surface area contributed by atoms with Crippen LogP contribution in [0.4, 0.5) is 4.39 Å². The minimum atomic E-state index is -0.290. The van der Waals surface area contributed by atoms with Crippen molar-refractivity contribution in [2.75, 3.05) is 20.1 Å². The van der Waals surface area contributed by atoms with Gasteiger partial charge in [-0.05, 0) is 63.1 Å². The molecule has 0 saturated carbocycles. The first kappa shape index (κ1) is 23.7. The summed E-state index contributed by atoms with van der Waals surface area (Å²) in [6.07, 6.45) is -0.163. The molecule has 1 saturated heterocycles. The van der Waals surface area contributed by atoms with E-state index in [1.807, 2.05) is 52.0 Å². The number of halogens is 1. The number of benzene rings is 2. The Balaban J connectivity index is 1.66. The molecule has 2 unspecified atom stereocenters. The molecule has 3 rings (SSSR count). The SMILES string of the molecule is CN=C(NCc1cccc(C(=O)NC(C)(C)C)c1)N1CC(C)OC(c2ccc(F)cc2)C1. The predicted octanol–water partition coefficient (Wildman–Crippen LogP) is 3.89. The van der Waals surface area contributed by atoms with Gasteiger partial charge in [0.2, 0.25) is 0 Å². The van der Waals surface area contributed by atoms with E-state index in [9.17, 15) is 9.18 Å². The third-order valence-electron chi connectivity index (χ3n) is 5.14. The van der Waals surface area contributed by atoms with Gasteiger partial charge in [-0.15, -0.1) is 0 Å². The van der Waals surface area contributed by atoms with Crippen molar-refractivity contribution in [3.8, 4) is 0 Å². The topological polar surface area (TPSA) is 66.0 Å². The van der Waals surface area contributed by atoms with Crippen LogP contribution in [0.15, 0.2) is 53.5 Å². The smallest absolute Gasteiger partial charge is 0.251 e. The Morgan fingerprint density at radius 3 is 2.56 bits per heavy atom. The van der Waals surface area contributed by atoms with Gasteiger partial charge in [-0.25, -0.2) is 4.39 Å². The number of ether oxygens (including phenoxy) is 1. The van der Waals surface area contributed by atoms with Crippen molar-refractivity contribution in [3.05, 3.63) is 71.0 Å². The molecular weight excluding hydrogens is 407 g/mol. The van der Waals surface area contributed by atoms with Gasteiger partial charge >= 0.3 is 0 Å². The summed E-state index contributed by atoms with van der Waals surface area (Å²) >= 11 is 0. The van der Waals surface area contributed by atoms with Crippen LogP contribution in [0.3, 0.4) is 0 Å². The molecule has 0 aromatic heterocycles. The van der Waals surface area contributed by atoms with Crippen molar-refractivity contribution in [1.82, 2.24) is 15.5 Å². The fraction of sp³-hybridized carbons (Fsp3) is 0.440. The quantitative estimate of drug-likeness (QED) is 0.559. The summed E-state index contributed by atoms with van der Waals surface area (Å²) in [5.41, 5.74) is 2.27. The van der Waals surface area contributed by atoms with Crippen LogP contribution >= 0.6 is 0 Å². The average molecular weight is 441 g/mol. The number of aliphatic imine (C=N–C) groups is 1. The lowest BCUT2D eigenvalue weighted by Crippen LogP contribution is -2.50. The van der Waals surface area contributed by atoms with Gasteiger partial charge in [-0.2, -0.15) is 0 Å². The Kier molecular flexibility index (Phi) is 7.51. The molecule has 2 aromatic carbocycles. The van der Waals surface area contributed by atoms with Crippen LogP contribution in [0.1, 0.15) is 55.3 Å². The summed E-state index contributed by atoms with van der Waals surface area (Å²) in [6.45, 7) is 9.76. The average Bonchev–Trinajstić information content (AvgIpc) is 2.73. The third-order valence-corrected chi connectivity index (χ3v) is 5.14. The molecule has 0 radical (unpaired) electrons. The number of hydrogen-bond donors (Lipinski definition) is 2. The van der Waals surface area contributed by atoms with Gasteiger partial charge in [0.1, 0.15) is 11.9 Å². The maximum Gasteiger partial charge on any atom is 0.251 e. The maximum atomic E-state index is 13.3. The fourth-order valence-corrected chi connectivity index (χ4v) is 3.73. The largest absolute Gasteiger partial charge is 0.367 e. The zero-order valence-corrected chi connectivity index (χ0v) is 19.5. The molecule has 172 valence electrons. The van der Waals surface area contributed by atoms with Gasteiger partial charge < -0.3 is 20.3 Å². The third kappa shape index (κ3) is 6.53. The first-order chi connectivity index (χ1) is 15.1. The predicted molar refractivity (Wildman–Crippen MR) is 125 cm³/mol. The molecule has 0 bridgehead atoms. The number of morpholine rings is 1. The lowest BCUT2D eigenvalue weighted by molar-refractivity contribution is -0.0605. The molecule has 32 heavy (non-hydrogen) atoms. The molecule has 2 atom stereocenters. The maximum absolute atomic E-state index is 13.3. The molecule has 7 heteroatoms. The number of carbonyl (C=O) groups excluding carboxylic acids is 1. The number of nitrogens with one attached hydrogen (secondary N) is 2. The van der Waals surface area contributed by atoms with E-state index in [4.69, 9.17) is 4.74 Å². The summed E-state index contributed by atoms with van der Waals surface area (Å²) in [7, 11) is 1.75. The zero-order chi connectivity index (χ0) is 23.3.